The molecule has 1 aliphatic rings. The lowest BCUT2D eigenvalue weighted by molar-refractivity contribution is 0.0697. The molecule has 1 aromatic heterocycles. The first-order valence-corrected chi connectivity index (χ1v) is 7.57. The number of halogens is 3. The van der Waals surface area contributed by atoms with Gasteiger partial charge in [0, 0.05) is 23.5 Å². The van der Waals surface area contributed by atoms with E-state index in [1.165, 1.54) is 0 Å². The van der Waals surface area contributed by atoms with Crippen molar-refractivity contribution in [2.75, 3.05) is 20.1 Å². The third-order valence-corrected chi connectivity index (χ3v) is 4.29. The molecule has 1 N–H and O–H groups in total. The third-order valence-electron chi connectivity index (χ3n) is 4.05. The van der Waals surface area contributed by atoms with E-state index in [9.17, 15) is 4.79 Å². The Morgan fingerprint density at radius 3 is 2.57 bits per heavy atom. The number of hydrogen-bond donors (Lipinski definition) is 1. The molecule has 1 aromatic carbocycles. The van der Waals surface area contributed by atoms with Gasteiger partial charge in [-0.3, -0.25) is 4.79 Å². The number of aromatic nitrogens is 1. The minimum absolute atomic E-state index is 0. The zero-order valence-corrected chi connectivity index (χ0v) is 15.2. The summed E-state index contributed by atoms with van der Waals surface area (Å²) in [4.78, 5) is 18.9. The van der Waals surface area contributed by atoms with Crippen LogP contribution in [0.15, 0.2) is 30.3 Å². The number of benzene rings is 1. The summed E-state index contributed by atoms with van der Waals surface area (Å²) in [5, 5.41) is 4.93. The van der Waals surface area contributed by atoms with Gasteiger partial charge in [0.05, 0.1) is 5.52 Å². The molecule has 3 rings (SSSR count). The van der Waals surface area contributed by atoms with E-state index in [1.807, 2.05) is 30.1 Å². The summed E-state index contributed by atoms with van der Waals surface area (Å²) in [5.74, 6) is -0.0243. The second-order valence-corrected chi connectivity index (χ2v) is 5.87. The van der Waals surface area contributed by atoms with Gasteiger partial charge in [-0.25, -0.2) is 4.98 Å². The molecule has 1 fully saturated rings. The highest BCUT2D eigenvalue weighted by Gasteiger charge is 2.23. The van der Waals surface area contributed by atoms with Crippen LogP contribution < -0.4 is 5.32 Å². The molecule has 0 bridgehead atoms. The number of pyridine rings is 1. The molecular weight excluding hydrogens is 357 g/mol. The Morgan fingerprint density at radius 2 is 1.87 bits per heavy atom. The van der Waals surface area contributed by atoms with Gasteiger partial charge < -0.3 is 10.2 Å². The van der Waals surface area contributed by atoms with Gasteiger partial charge in [-0.1, -0.05) is 23.7 Å². The van der Waals surface area contributed by atoms with Gasteiger partial charge in [-0.15, -0.1) is 24.8 Å². The smallest absolute Gasteiger partial charge is 0.272 e. The van der Waals surface area contributed by atoms with Gasteiger partial charge in [0.15, 0.2) is 0 Å². The lowest BCUT2D eigenvalue weighted by Gasteiger charge is -2.31. The maximum absolute atomic E-state index is 12.6. The predicted octanol–water partition coefficient (Wildman–Crippen LogP) is 3.56. The molecule has 0 radical (unpaired) electrons. The molecule has 0 saturated carbocycles. The highest BCUT2D eigenvalue weighted by Crippen LogP contribution is 2.19. The fourth-order valence-electron chi connectivity index (χ4n) is 2.75. The Balaban J connectivity index is 0.00000132. The highest BCUT2D eigenvalue weighted by molar-refractivity contribution is 6.31. The molecule has 0 unspecified atom stereocenters. The van der Waals surface area contributed by atoms with Crippen molar-refractivity contribution in [2.24, 2.45) is 0 Å². The number of hydrogen-bond acceptors (Lipinski definition) is 3. The summed E-state index contributed by atoms with van der Waals surface area (Å²) < 4.78 is 0. The van der Waals surface area contributed by atoms with E-state index in [0.717, 1.165) is 36.8 Å². The van der Waals surface area contributed by atoms with Gasteiger partial charge in [0.1, 0.15) is 5.69 Å². The van der Waals surface area contributed by atoms with E-state index in [0.29, 0.717) is 10.7 Å². The molecule has 4 nitrogen and oxygen atoms in total. The van der Waals surface area contributed by atoms with Crippen LogP contribution in [0.2, 0.25) is 5.02 Å². The van der Waals surface area contributed by atoms with Crippen molar-refractivity contribution in [2.45, 2.75) is 18.9 Å². The van der Waals surface area contributed by atoms with Crippen LogP contribution in [0.1, 0.15) is 23.3 Å². The van der Waals surface area contributed by atoms with Crippen molar-refractivity contribution in [3.63, 3.8) is 0 Å². The second-order valence-electron chi connectivity index (χ2n) is 5.43. The van der Waals surface area contributed by atoms with E-state index in [1.54, 1.807) is 12.1 Å². The van der Waals surface area contributed by atoms with Crippen LogP contribution >= 0.6 is 36.4 Å². The molecular formula is C16H20Cl3N3O. The zero-order valence-electron chi connectivity index (χ0n) is 12.8. The van der Waals surface area contributed by atoms with Crippen molar-refractivity contribution in [3.05, 3.63) is 41.0 Å². The lowest BCUT2D eigenvalue weighted by atomic mass is 10.0. The molecule has 2 heterocycles. The Hall–Kier alpha value is -1.07. The summed E-state index contributed by atoms with van der Waals surface area (Å²) in [7, 11) is 1.86. The molecule has 1 aliphatic heterocycles. The number of nitrogens with zero attached hydrogens (tertiary/aromatic N) is 2. The van der Waals surface area contributed by atoms with Crippen LogP contribution in [0.3, 0.4) is 0 Å². The summed E-state index contributed by atoms with van der Waals surface area (Å²) >= 11 is 5.99. The van der Waals surface area contributed by atoms with Crippen molar-refractivity contribution < 1.29 is 4.79 Å². The first kappa shape index (κ1) is 20.0. The number of nitrogens with one attached hydrogen (secondary N) is 1. The zero-order chi connectivity index (χ0) is 14.8. The van der Waals surface area contributed by atoms with E-state index < -0.39 is 0 Å². The van der Waals surface area contributed by atoms with Crippen LogP contribution in [0.5, 0.6) is 0 Å². The number of carbonyl (C=O) groups excluding carboxylic acids is 1. The summed E-state index contributed by atoms with van der Waals surface area (Å²) in [5.41, 5.74) is 1.23. The molecule has 0 aliphatic carbocycles. The van der Waals surface area contributed by atoms with Crippen LogP contribution in [0.25, 0.3) is 10.9 Å². The normalized spacial score (nSPS) is 14.7. The fraction of sp³-hybridized carbons (Fsp3) is 0.375. The molecule has 2 aromatic rings. The molecule has 1 amide bonds. The predicted molar refractivity (Wildman–Crippen MR) is 99.2 cm³/mol. The van der Waals surface area contributed by atoms with E-state index in [-0.39, 0.29) is 36.8 Å². The van der Waals surface area contributed by atoms with E-state index in [2.05, 4.69) is 10.3 Å². The van der Waals surface area contributed by atoms with Crippen molar-refractivity contribution in [1.29, 1.82) is 0 Å². The average molecular weight is 377 g/mol. The first-order chi connectivity index (χ1) is 10.1. The van der Waals surface area contributed by atoms with Crippen LogP contribution in [0, 0.1) is 0 Å². The molecule has 0 spiro atoms. The number of carbonyl (C=O) groups is 1. The van der Waals surface area contributed by atoms with Gasteiger partial charge in [-0.2, -0.15) is 0 Å². The van der Waals surface area contributed by atoms with Crippen molar-refractivity contribution in [3.8, 4) is 0 Å². The Kier molecular flexibility index (Phi) is 7.55. The van der Waals surface area contributed by atoms with E-state index in [4.69, 9.17) is 11.6 Å². The summed E-state index contributed by atoms with van der Waals surface area (Å²) in [6.07, 6.45) is 1.98. The van der Waals surface area contributed by atoms with Gasteiger partial charge >= 0.3 is 0 Å². The second kappa shape index (κ2) is 8.69. The fourth-order valence-corrected chi connectivity index (χ4v) is 2.92. The van der Waals surface area contributed by atoms with Crippen molar-refractivity contribution >= 4 is 53.2 Å². The summed E-state index contributed by atoms with van der Waals surface area (Å²) in [6.45, 7) is 1.92. The molecule has 7 heteroatoms. The van der Waals surface area contributed by atoms with Crippen LogP contribution in [-0.4, -0.2) is 42.0 Å². The molecule has 23 heavy (non-hydrogen) atoms. The average Bonchev–Trinajstić information content (AvgIpc) is 2.53. The first-order valence-electron chi connectivity index (χ1n) is 7.19. The Bertz CT molecular complexity index is 675. The van der Waals surface area contributed by atoms with Gasteiger partial charge in [-0.05, 0) is 44.1 Å². The summed E-state index contributed by atoms with van der Waals surface area (Å²) in [6, 6.07) is 9.52. The topological polar surface area (TPSA) is 45.2 Å². The van der Waals surface area contributed by atoms with Gasteiger partial charge in [0.25, 0.3) is 5.91 Å². The maximum Gasteiger partial charge on any atom is 0.272 e. The quantitative estimate of drug-likeness (QED) is 0.871. The SMILES string of the molecule is CN(C(=O)c1ccc2ccc(Cl)cc2n1)C1CCNCC1.Cl.Cl. The minimum Gasteiger partial charge on any atom is -0.337 e. The van der Waals surface area contributed by atoms with Crippen LogP contribution in [0.4, 0.5) is 0 Å². The Labute approximate surface area is 153 Å². The monoisotopic (exact) mass is 375 g/mol. The standard InChI is InChI=1S/C16H18ClN3O.2ClH/c1-20(13-6-8-18-9-7-13)16(21)14-5-3-11-2-4-12(17)10-15(11)19-14;;/h2-5,10,13,18H,6-9H2,1H3;2*1H. The molecule has 0 atom stereocenters. The molecule has 126 valence electrons. The largest absolute Gasteiger partial charge is 0.337 e. The Morgan fingerprint density at radius 1 is 1.22 bits per heavy atom. The lowest BCUT2D eigenvalue weighted by Crippen LogP contribution is -2.44. The molecule has 1 saturated heterocycles. The third kappa shape index (κ3) is 4.48. The van der Waals surface area contributed by atoms with Crippen LogP contribution in [-0.2, 0) is 0 Å². The highest BCUT2D eigenvalue weighted by atomic mass is 35.5. The van der Waals surface area contributed by atoms with Gasteiger partial charge in [0.2, 0.25) is 0 Å². The van der Waals surface area contributed by atoms with E-state index >= 15 is 0 Å². The maximum atomic E-state index is 12.6. The van der Waals surface area contributed by atoms with Crippen molar-refractivity contribution in [1.82, 2.24) is 15.2 Å². The number of rotatable bonds is 2. The number of piperidine rings is 1. The minimum atomic E-state index is -0.0243. The number of fused-ring (bicyclic) bond motifs is 1. The number of amides is 1.